The predicted molar refractivity (Wildman–Crippen MR) is 90.1 cm³/mol. The molecule has 1 fully saturated rings. The van der Waals surface area contributed by atoms with E-state index in [1.54, 1.807) is 0 Å². The number of nitrogens with zero attached hydrogens (tertiary/aromatic N) is 2. The molecule has 146 valence electrons. The van der Waals surface area contributed by atoms with Gasteiger partial charge in [-0.15, -0.1) is 0 Å². The first-order chi connectivity index (χ1) is 12.6. The van der Waals surface area contributed by atoms with Crippen LogP contribution < -0.4 is 10.6 Å². The molecule has 3 N–H and O–H groups in total. The first kappa shape index (κ1) is 20.1. The molecule has 1 aromatic carbocycles. The second-order valence-electron chi connectivity index (χ2n) is 5.53. The number of nitrogens with one attached hydrogen (secondary N) is 2. The summed E-state index contributed by atoms with van der Waals surface area (Å²) in [6, 6.07) is 0.477. The summed E-state index contributed by atoms with van der Waals surface area (Å²) < 4.78 is 24.4. The Kier molecular flexibility index (Phi) is 5.64. The first-order valence-electron chi connectivity index (χ1n) is 7.66. The van der Waals surface area contributed by atoms with Gasteiger partial charge >= 0.3 is 12.0 Å². The third-order valence-electron chi connectivity index (χ3n) is 3.87. The molecule has 3 amide bonds. The lowest BCUT2D eigenvalue weighted by atomic mass is 10.1. The molecule has 0 aliphatic carbocycles. The number of amides is 3. The lowest BCUT2D eigenvalue weighted by Crippen LogP contribution is -2.50. The number of sulfonamides is 1. The molecule has 13 heteroatoms. The molecular formula is C14H16N4O8S. The van der Waals surface area contributed by atoms with Crippen molar-refractivity contribution >= 4 is 33.6 Å². The van der Waals surface area contributed by atoms with Crippen LogP contribution in [0.2, 0.25) is 0 Å². The van der Waals surface area contributed by atoms with Crippen molar-refractivity contribution in [1.82, 2.24) is 14.9 Å². The Morgan fingerprint density at radius 2 is 2.00 bits per heavy atom. The number of carbonyl (C=O) groups excluding carboxylic acids is 2. The van der Waals surface area contributed by atoms with Crippen LogP contribution in [0.3, 0.4) is 0 Å². The van der Waals surface area contributed by atoms with Crippen LogP contribution in [0.5, 0.6) is 0 Å². The van der Waals surface area contributed by atoms with E-state index in [0.29, 0.717) is 4.31 Å². The van der Waals surface area contributed by atoms with Gasteiger partial charge in [0.1, 0.15) is 6.04 Å². The summed E-state index contributed by atoms with van der Waals surface area (Å²) in [6.45, 7) is 0.989. The Balaban J connectivity index is 2.25. The Hall–Kier alpha value is -3.22. The highest BCUT2D eigenvalue weighted by atomic mass is 32.2. The fraction of sp³-hybridized carbons (Fsp3) is 0.357. The van der Waals surface area contributed by atoms with Crippen LogP contribution in [0.15, 0.2) is 24.3 Å². The van der Waals surface area contributed by atoms with E-state index in [1.165, 1.54) is 6.92 Å². The smallest absolute Gasteiger partial charge is 0.331 e. The topological polar surface area (TPSA) is 176 Å². The van der Waals surface area contributed by atoms with Crippen molar-refractivity contribution in [3.8, 4) is 0 Å². The Morgan fingerprint density at radius 3 is 2.48 bits per heavy atom. The zero-order chi connectivity index (χ0) is 20.4. The van der Waals surface area contributed by atoms with Gasteiger partial charge in [-0.1, -0.05) is 0 Å². The summed E-state index contributed by atoms with van der Waals surface area (Å²) in [7, 11) is -4.04. The first-order valence-corrected chi connectivity index (χ1v) is 9.27. The number of hydrogen-bond acceptors (Lipinski definition) is 7. The minimum atomic E-state index is -4.04. The highest BCUT2D eigenvalue weighted by molar-refractivity contribution is 7.89. The van der Waals surface area contributed by atoms with E-state index in [1.807, 2.05) is 0 Å². The summed E-state index contributed by atoms with van der Waals surface area (Å²) >= 11 is 0. The number of carboxylic acids is 1. The fourth-order valence-corrected chi connectivity index (χ4v) is 3.61. The number of rotatable bonds is 7. The molecular weight excluding hydrogens is 384 g/mol. The second-order valence-corrected chi connectivity index (χ2v) is 7.66. The summed E-state index contributed by atoms with van der Waals surface area (Å²) in [5.41, 5.74) is -0.219. The molecule has 0 spiro atoms. The van der Waals surface area contributed by atoms with Crippen LogP contribution in [-0.2, 0) is 19.6 Å². The van der Waals surface area contributed by atoms with Crippen molar-refractivity contribution in [1.29, 1.82) is 0 Å². The van der Waals surface area contributed by atoms with Crippen LogP contribution >= 0.6 is 0 Å². The van der Waals surface area contributed by atoms with E-state index in [0.717, 1.165) is 24.3 Å². The maximum atomic E-state index is 12.4. The second kappa shape index (κ2) is 7.57. The molecule has 12 nitrogen and oxygen atoms in total. The minimum absolute atomic E-state index is 0.0450. The highest BCUT2D eigenvalue weighted by Crippen LogP contribution is 2.20. The number of nitro groups is 1. The van der Waals surface area contributed by atoms with E-state index in [9.17, 15) is 38.0 Å². The van der Waals surface area contributed by atoms with Crippen molar-refractivity contribution in [2.24, 2.45) is 0 Å². The maximum Gasteiger partial charge on any atom is 0.331 e. The molecule has 1 aromatic rings. The minimum Gasteiger partial charge on any atom is -0.479 e. The van der Waals surface area contributed by atoms with Gasteiger partial charge in [-0.25, -0.2) is 22.3 Å². The van der Waals surface area contributed by atoms with Gasteiger partial charge in [0, 0.05) is 12.1 Å². The largest absolute Gasteiger partial charge is 0.479 e. The van der Waals surface area contributed by atoms with Gasteiger partial charge in [0.25, 0.3) is 5.69 Å². The number of carbonyl (C=O) groups is 3. The molecule has 0 radical (unpaired) electrons. The zero-order valence-electron chi connectivity index (χ0n) is 14.0. The van der Waals surface area contributed by atoms with Gasteiger partial charge in [-0.3, -0.25) is 14.9 Å². The van der Waals surface area contributed by atoms with E-state index < -0.39 is 50.7 Å². The number of carboxylic acid groups (broad SMARTS) is 1. The molecule has 0 bridgehead atoms. The standard InChI is InChI=1S/C14H16N4O8S/c1-2-27(25,26)17-10(7-15-14(17)22)12(19)16-11(13(20)21)8-3-5-9(6-4-8)18(23)24/h3-6,10-11H,2,7H2,1H3,(H,15,22)(H,16,19)(H,20,21). The fourth-order valence-electron chi connectivity index (χ4n) is 2.46. The van der Waals surface area contributed by atoms with Crippen molar-refractivity contribution in [2.75, 3.05) is 12.3 Å². The molecule has 2 unspecified atom stereocenters. The van der Waals surface area contributed by atoms with Crippen molar-refractivity contribution in [3.63, 3.8) is 0 Å². The summed E-state index contributed by atoms with van der Waals surface area (Å²) in [6.07, 6.45) is 0. The number of hydrogen-bond donors (Lipinski definition) is 3. The van der Waals surface area contributed by atoms with Crippen molar-refractivity contribution in [2.45, 2.75) is 19.0 Å². The predicted octanol–water partition coefficient (Wildman–Crippen LogP) is -0.420. The normalized spacial score (nSPS) is 17.9. The number of aliphatic carboxylic acids is 1. The lowest BCUT2D eigenvalue weighted by Gasteiger charge is -2.23. The third kappa shape index (κ3) is 4.13. The van der Waals surface area contributed by atoms with Crippen LogP contribution in [0.1, 0.15) is 18.5 Å². The average Bonchev–Trinajstić information content (AvgIpc) is 3.01. The van der Waals surface area contributed by atoms with Crippen LogP contribution in [0.4, 0.5) is 10.5 Å². The number of non-ortho nitro benzene ring substituents is 1. The molecule has 27 heavy (non-hydrogen) atoms. The molecule has 2 rings (SSSR count). The van der Waals surface area contributed by atoms with Gasteiger partial charge in [0.2, 0.25) is 15.9 Å². The Labute approximate surface area is 153 Å². The van der Waals surface area contributed by atoms with Gasteiger partial charge in [-0.05, 0) is 24.6 Å². The quantitative estimate of drug-likeness (QED) is 0.408. The van der Waals surface area contributed by atoms with Crippen LogP contribution in [-0.4, -0.2) is 59.0 Å². The van der Waals surface area contributed by atoms with Gasteiger partial charge in [-0.2, -0.15) is 0 Å². The van der Waals surface area contributed by atoms with E-state index in [-0.39, 0.29) is 17.8 Å². The maximum absolute atomic E-state index is 12.4. The number of benzene rings is 1. The van der Waals surface area contributed by atoms with Crippen LogP contribution in [0.25, 0.3) is 0 Å². The molecule has 1 heterocycles. The van der Waals surface area contributed by atoms with Crippen molar-refractivity contribution < 1.29 is 32.8 Å². The van der Waals surface area contributed by atoms with E-state index in [4.69, 9.17) is 0 Å². The van der Waals surface area contributed by atoms with E-state index >= 15 is 0 Å². The summed E-state index contributed by atoms with van der Waals surface area (Å²) in [4.78, 5) is 45.7. The number of urea groups is 1. The molecule has 0 aromatic heterocycles. The third-order valence-corrected chi connectivity index (χ3v) is 5.62. The zero-order valence-corrected chi connectivity index (χ0v) is 14.8. The average molecular weight is 400 g/mol. The molecule has 2 atom stereocenters. The Morgan fingerprint density at radius 1 is 1.41 bits per heavy atom. The van der Waals surface area contributed by atoms with E-state index in [2.05, 4.69) is 10.6 Å². The van der Waals surface area contributed by atoms with Crippen LogP contribution in [0, 0.1) is 10.1 Å². The molecule has 0 saturated carbocycles. The lowest BCUT2D eigenvalue weighted by molar-refractivity contribution is -0.384. The SMILES string of the molecule is CCS(=O)(=O)N1C(=O)NCC1C(=O)NC(C(=O)O)c1ccc([N+](=O)[O-])cc1. The summed E-state index contributed by atoms with van der Waals surface area (Å²) in [5.74, 6) is -2.87. The number of nitro benzene ring substituents is 1. The molecule has 1 saturated heterocycles. The molecule has 1 aliphatic heterocycles. The van der Waals surface area contributed by atoms with Gasteiger partial charge < -0.3 is 15.7 Å². The monoisotopic (exact) mass is 400 g/mol. The van der Waals surface area contributed by atoms with Gasteiger partial charge in [0.15, 0.2) is 6.04 Å². The van der Waals surface area contributed by atoms with Crippen molar-refractivity contribution in [3.05, 3.63) is 39.9 Å². The molecule has 1 aliphatic rings. The van der Waals surface area contributed by atoms with Gasteiger partial charge in [0.05, 0.1) is 17.2 Å². The Bertz CT molecular complexity index is 883. The summed E-state index contributed by atoms with van der Waals surface area (Å²) in [5, 5.41) is 24.4. The highest BCUT2D eigenvalue weighted by Gasteiger charge is 2.43.